The van der Waals surface area contributed by atoms with E-state index in [1.807, 2.05) is 12.1 Å². The molecule has 0 saturated carbocycles. The van der Waals surface area contributed by atoms with Gasteiger partial charge in [-0.3, -0.25) is 4.79 Å². The van der Waals surface area contributed by atoms with Gasteiger partial charge in [0.1, 0.15) is 6.61 Å². The zero-order valence-corrected chi connectivity index (χ0v) is 10.4. The summed E-state index contributed by atoms with van der Waals surface area (Å²) < 4.78 is 0. The van der Waals surface area contributed by atoms with Crippen molar-refractivity contribution >= 4 is 11.6 Å². The molecular weight excluding hydrogens is 216 g/mol. The molecule has 1 amide bonds. The lowest BCUT2D eigenvalue weighted by Gasteiger charge is -2.24. The first-order valence-electron chi connectivity index (χ1n) is 5.87. The maximum Gasteiger partial charge on any atom is 0.245 e. The van der Waals surface area contributed by atoms with Crippen LogP contribution in [0.4, 0.5) is 5.69 Å². The van der Waals surface area contributed by atoms with Gasteiger partial charge in [-0.15, -0.1) is 0 Å². The average Bonchev–Trinajstić information content (AvgIpc) is 2.35. The van der Waals surface area contributed by atoms with Gasteiger partial charge in [0.15, 0.2) is 0 Å². The van der Waals surface area contributed by atoms with Crippen molar-refractivity contribution in [1.82, 2.24) is 5.32 Å². The Balaban J connectivity index is 2.55. The van der Waals surface area contributed by atoms with E-state index in [2.05, 4.69) is 36.2 Å². The van der Waals surface area contributed by atoms with E-state index >= 15 is 0 Å². The SMILES string of the molecule is CCN(CCNC(=O)CO)c1ccccc1C. The first kappa shape index (κ1) is 13.5. The van der Waals surface area contributed by atoms with Crippen molar-refractivity contribution in [2.45, 2.75) is 13.8 Å². The monoisotopic (exact) mass is 236 g/mol. The van der Waals surface area contributed by atoms with E-state index in [9.17, 15) is 4.79 Å². The minimum atomic E-state index is -0.448. The van der Waals surface area contributed by atoms with Crippen LogP contribution in [0.15, 0.2) is 24.3 Å². The number of carbonyl (C=O) groups excluding carboxylic acids is 1. The number of para-hydroxylation sites is 1. The fourth-order valence-corrected chi connectivity index (χ4v) is 1.75. The van der Waals surface area contributed by atoms with Crippen molar-refractivity contribution in [3.05, 3.63) is 29.8 Å². The number of hydrogen-bond donors (Lipinski definition) is 2. The topological polar surface area (TPSA) is 52.6 Å². The minimum Gasteiger partial charge on any atom is -0.387 e. The minimum absolute atomic E-state index is 0.328. The maximum absolute atomic E-state index is 10.9. The third-order valence-corrected chi connectivity index (χ3v) is 2.69. The Morgan fingerprint density at radius 1 is 1.41 bits per heavy atom. The normalized spacial score (nSPS) is 10.1. The van der Waals surface area contributed by atoms with Gasteiger partial charge in [-0.05, 0) is 25.5 Å². The molecule has 17 heavy (non-hydrogen) atoms. The first-order chi connectivity index (χ1) is 8.19. The Bertz CT molecular complexity index is 366. The van der Waals surface area contributed by atoms with Crippen molar-refractivity contribution in [3.8, 4) is 0 Å². The van der Waals surface area contributed by atoms with Gasteiger partial charge in [0.2, 0.25) is 5.91 Å². The van der Waals surface area contributed by atoms with Crippen LogP contribution in [0.25, 0.3) is 0 Å². The molecule has 4 heteroatoms. The third-order valence-electron chi connectivity index (χ3n) is 2.69. The molecule has 0 radical (unpaired) electrons. The highest BCUT2D eigenvalue weighted by molar-refractivity contribution is 5.76. The van der Waals surface area contributed by atoms with Crippen LogP contribution in [-0.2, 0) is 4.79 Å². The highest BCUT2D eigenvalue weighted by atomic mass is 16.3. The second-order valence-corrected chi connectivity index (χ2v) is 3.87. The van der Waals surface area contributed by atoms with Crippen LogP contribution in [0, 0.1) is 6.92 Å². The number of aryl methyl sites for hydroxylation is 1. The van der Waals surface area contributed by atoms with Gasteiger partial charge < -0.3 is 15.3 Å². The number of aliphatic hydroxyl groups is 1. The Morgan fingerprint density at radius 2 is 2.12 bits per heavy atom. The van der Waals surface area contributed by atoms with E-state index in [0.717, 1.165) is 13.1 Å². The van der Waals surface area contributed by atoms with E-state index < -0.39 is 6.61 Å². The fraction of sp³-hybridized carbons (Fsp3) is 0.462. The molecule has 2 N–H and O–H groups in total. The number of nitrogens with zero attached hydrogens (tertiary/aromatic N) is 1. The highest BCUT2D eigenvalue weighted by Crippen LogP contribution is 2.18. The zero-order valence-electron chi connectivity index (χ0n) is 10.4. The Kier molecular flexibility index (Phi) is 5.49. The molecule has 1 rings (SSSR count). The van der Waals surface area contributed by atoms with E-state index in [1.54, 1.807) is 0 Å². The number of amides is 1. The fourth-order valence-electron chi connectivity index (χ4n) is 1.75. The Hall–Kier alpha value is -1.55. The molecule has 0 aliphatic carbocycles. The summed E-state index contributed by atoms with van der Waals surface area (Å²) in [5.74, 6) is -0.328. The summed E-state index contributed by atoms with van der Waals surface area (Å²) in [6, 6.07) is 8.18. The largest absolute Gasteiger partial charge is 0.387 e. The summed E-state index contributed by atoms with van der Waals surface area (Å²) >= 11 is 0. The Labute approximate surface area is 102 Å². The van der Waals surface area contributed by atoms with Gasteiger partial charge in [-0.1, -0.05) is 18.2 Å². The van der Waals surface area contributed by atoms with Crippen LogP contribution >= 0.6 is 0 Å². The molecule has 0 saturated heterocycles. The molecule has 0 aromatic heterocycles. The number of anilines is 1. The van der Waals surface area contributed by atoms with Gasteiger partial charge in [0.25, 0.3) is 0 Å². The van der Waals surface area contributed by atoms with Crippen LogP contribution < -0.4 is 10.2 Å². The van der Waals surface area contributed by atoms with E-state index in [0.29, 0.717) is 6.54 Å². The van der Waals surface area contributed by atoms with Crippen molar-refractivity contribution in [3.63, 3.8) is 0 Å². The zero-order chi connectivity index (χ0) is 12.7. The molecule has 1 aromatic carbocycles. The number of nitrogens with one attached hydrogen (secondary N) is 1. The van der Waals surface area contributed by atoms with Crippen LogP contribution in [0.2, 0.25) is 0 Å². The lowest BCUT2D eigenvalue weighted by atomic mass is 10.2. The molecule has 0 bridgehead atoms. The maximum atomic E-state index is 10.9. The van der Waals surface area contributed by atoms with Gasteiger partial charge >= 0.3 is 0 Å². The number of hydrogen-bond acceptors (Lipinski definition) is 3. The number of likely N-dealkylation sites (N-methyl/N-ethyl adjacent to an activating group) is 1. The van der Waals surface area contributed by atoms with Crippen molar-refractivity contribution in [2.24, 2.45) is 0 Å². The summed E-state index contributed by atoms with van der Waals surface area (Å²) in [7, 11) is 0. The molecule has 0 spiro atoms. The van der Waals surface area contributed by atoms with Gasteiger partial charge in [0, 0.05) is 25.3 Å². The number of carbonyl (C=O) groups is 1. The number of aliphatic hydroxyl groups excluding tert-OH is 1. The number of benzene rings is 1. The summed E-state index contributed by atoms with van der Waals surface area (Å²) in [6.07, 6.45) is 0. The predicted octanol–water partition coefficient (Wildman–Crippen LogP) is 0.930. The van der Waals surface area contributed by atoms with Crippen LogP contribution in [0.1, 0.15) is 12.5 Å². The lowest BCUT2D eigenvalue weighted by molar-refractivity contribution is -0.123. The third kappa shape index (κ3) is 4.07. The van der Waals surface area contributed by atoms with Gasteiger partial charge in [-0.25, -0.2) is 0 Å². The van der Waals surface area contributed by atoms with E-state index in [4.69, 9.17) is 5.11 Å². The molecule has 0 unspecified atom stereocenters. The van der Waals surface area contributed by atoms with Crippen LogP contribution in [0.5, 0.6) is 0 Å². The van der Waals surface area contributed by atoms with Crippen molar-refractivity contribution in [1.29, 1.82) is 0 Å². The second kappa shape index (κ2) is 6.91. The predicted molar refractivity (Wildman–Crippen MR) is 69.2 cm³/mol. The summed E-state index contributed by atoms with van der Waals surface area (Å²) in [6.45, 7) is 5.88. The average molecular weight is 236 g/mol. The molecule has 4 nitrogen and oxygen atoms in total. The van der Waals surface area contributed by atoms with Crippen molar-refractivity contribution < 1.29 is 9.90 Å². The number of rotatable bonds is 6. The smallest absolute Gasteiger partial charge is 0.245 e. The first-order valence-corrected chi connectivity index (χ1v) is 5.87. The molecule has 0 heterocycles. The molecule has 94 valence electrons. The van der Waals surface area contributed by atoms with Gasteiger partial charge in [0.05, 0.1) is 0 Å². The summed E-state index contributed by atoms with van der Waals surface area (Å²) in [5, 5.41) is 11.2. The quantitative estimate of drug-likeness (QED) is 0.772. The van der Waals surface area contributed by atoms with Crippen LogP contribution in [0.3, 0.4) is 0 Å². The van der Waals surface area contributed by atoms with Crippen molar-refractivity contribution in [2.75, 3.05) is 31.1 Å². The lowest BCUT2D eigenvalue weighted by Crippen LogP contribution is -2.36. The van der Waals surface area contributed by atoms with E-state index in [-0.39, 0.29) is 5.91 Å². The molecule has 0 atom stereocenters. The Morgan fingerprint density at radius 3 is 2.71 bits per heavy atom. The summed E-state index contributed by atoms with van der Waals surface area (Å²) in [5.41, 5.74) is 2.41. The van der Waals surface area contributed by atoms with Crippen LogP contribution in [-0.4, -0.2) is 37.3 Å². The molecule has 0 fully saturated rings. The highest BCUT2D eigenvalue weighted by Gasteiger charge is 2.06. The van der Waals surface area contributed by atoms with Gasteiger partial charge in [-0.2, -0.15) is 0 Å². The molecule has 0 aliphatic heterocycles. The van der Waals surface area contributed by atoms with E-state index in [1.165, 1.54) is 11.3 Å². The molecule has 0 aliphatic rings. The summed E-state index contributed by atoms with van der Waals surface area (Å²) in [4.78, 5) is 13.1. The standard InChI is InChI=1S/C13H20N2O2/c1-3-15(9-8-14-13(17)10-16)12-7-5-4-6-11(12)2/h4-7,16H,3,8-10H2,1-2H3,(H,14,17). The molecule has 1 aromatic rings. The molecular formula is C13H20N2O2. The second-order valence-electron chi connectivity index (χ2n) is 3.87.